The minimum atomic E-state index is -0.228. The second kappa shape index (κ2) is 9.17. The number of anilines is 1. The summed E-state index contributed by atoms with van der Waals surface area (Å²) in [6, 6.07) is 10.4. The van der Waals surface area contributed by atoms with Gasteiger partial charge in [-0.05, 0) is 43.2 Å². The number of carbonyl (C=O) groups is 2. The number of furan rings is 1. The average Bonchev–Trinajstić information content (AvgIpc) is 3.34. The van der Waals surface area contributed by atoms with Gasteiger partial charge in [-0.25, -0.2) is 0 Å². The minimum absolute atomic E-state index is 0.156. The van der Waals surface area contributed by atoms with E-state index in [4.69, 9.17) is 9.15 Å². The molecule has 2 aromatic rings. The van der Waals surface area contributed by atoms with Crippen molar-refractivity contribution in [3.05, 3.63) is 54.0 Å². The van der Waals surface area contributed by atoms with E-state index in [0.717, 1.165) is 19.4 Å². The molecular formula is C19H23N3O4. The zero-order chi connectivity index (χ0) is 18.2. The molecule has 1 saturated heterocycles. The summed E-state index contributed by atoms with van der Waals surface area (Å²) in [5.41, 5.74) is 1.06. The molecule has 3 N–H and O–H groups in total. The highest BCUT2D eigenvalue weighted by atomic mass is 16.5. The van der Waals surface area contributed by atoms with Gasteiger partial charge in [0.05, 0.1) is 25.5 Å². The van der Waals surface area contributed by atoms with Crippen LogP contribution in [0.5, 0.6) is 0 Å². The van der Waals surface area contributed by atoms with Crippen molar-refractivity contribution in [2.24, 2.45) is 0 Å². The van der Waals surface area contributed by atoms with Crippen LogP contribution in [-0.4, -0.2) is 37.6 Å². The monoisotopic (exact) mass is 357 g/mol. The minimum Gasteiger partial charge on any atom is -0.467 e. The van der Waals surface area contributed by atoms with Gasteiger partial charge in [0, 0.05) is 24.4 Å². The molecule has 1 unspecified atom stereocenters. The maximum atomic E-state index is 12.2. The van der Waals surface area contributed by atoms with Crippen LogP contribution in [0.2, 0.25) is 0 Å². The Bertz CT molecular complexity index is 724. The lowest BCUT2D eigenvalue weighted by molar-refractivity contribution is -0.115. The Labute approximate surface area is 152 Å². The number of benzene rings is 1. The molecule has 0 aliphatic carbocycles. The fraction of sp³-hybridized carbons (Fsp3) is 0.368. The van der Waals surface area contributed by atoms with E-state index in [-0.39, 0.29) is 24.5 Å². The molecule has 1 atom stereocenters. The molecule has 3 rings (SSSR count). The standard InChI is InChI=1S/C19H23N3O4/c23-18(13-20-11-16-6-2-8-25-16)22-15-5-1-4-14(10-15)19(24)21-12-17-7-3-9-26-17/h1,3-5,7,9-10,16,20H,2,6,8,11-13H2,(H,21,24)(H,22,23). The Morgan fingerprint density at radius 2 is 2.12 bits per heavy atom. The van der Waals surface area contributed by atoms with Crippen molar-refractivity contribution in [3.8, 4) is 0 Å². The number of ether oxygens (including phenoxy) is 1. The number of carbonyl (C=O) groups excluding carboxylic acids is 2. The molecule has 0 radical (unpaired) electrons. The van der Waals surface area contributed by atoms with Crippen LogP contribution in [-0.2, 0) is 16.1 Å². The van der Waals surface area contributed by atoms with E-state index in [1.54, 1.807) is 42.7 Å². The first-order valence-corrected chi connectivity index (χ1v) is 8.73. The predicted molar refractivity (Wildman–Crippen MR) is 96.8 cm³/mol. The molecule has 1 aromatic heterocycles. The van der Waals surface area contributed by atoms with Gasteiger partial charge in [0.15, 0.2) is 0 Å². The normalized spacial score (nSPS) is 16.4. The van der Waals surface area contributed by atoms with Crippen LogP contribution < -0.4 is 16.0 Å². The third-order valence-electron chi connectivity index (χ3n) is 4.09. The Morgan fingerprint density at radius 1 is 1.19 bits per heavy atom. The largest absolute Gasteiger partial charge is 0.467 e. The van der Waals surface area contributed by atoms with E-state index >= 15 is 0 Å². The summed E-state index contributed by atoms with van der Waals surface area (Å²) in [5.74, 6) is 0.297. The third-order valence-corrected chi connectivity index (χ3v) is 4.09. The predicted octanol–water partition coefficient (Wildman–Crippen LogP) is 1.92. The Morgan fingerprint density at radius 3 is 2.88 bits per heavy atom. The summed E-state index contributed by atoms with van der Waals surface area (Å²) < 4.78 is 10.7. The Balaban J connectivity index is 1.45. The Kier molecular flexibility index (Phi) is 6.40. The summed E-state index contributed by atoms with van der Waals surface area (Å²) in [5, 5.41) is 8.66. The van der Waals surface area contributed by atoms with Gasteiger partial charge in [-0.2, -0.15) is 0 Å². The van der Waals surface area contributed by atoms with E-state index in [0.29, 0.717) is 30.1 Å². The maximum absolute atomic E-state index is 12.2. The van der Waals surface area contributed by atoms with Crippen LogP contribution in [0.4, 0.5) is 5.69 Å². The van der Waals surface area contributed by atoms with E-state index in [2.05, 4.69) is 16.0 Å². The zero-order valence-electron chi connectivity index (χ0n) is 14.5. The lowest BCUT2D eigenvalue weighted by Crippen LogP contribution is -2.33. The number of rotatable bonds is 8. The second-order valence-corrected chi connectivity index (χ2v) is 6.16. The van der Waals surface area contributed by atoms with Crippen molar-refractivity contribution in [1.29, 1.82) is 0 Å². The number of hydrogen-bond acceptors (Lipinski definition) is 5. The SMILES string of the molecule is O=C(CNCC1CCCO1)Nc1cccc(C(=O)NCc2ccco2)c1. The second-order valence-electron chi connectivity index (χ2n) is 6.16. The lowest BCUT2D eigenvalue weighted by atomic mass is 10.2. The van der Waals surface area contributed by atoms with Crippen molar-refractivity contribution in [2.45, 2.75) is 25.5 Å². The summed E-state index contributed by atoms with van der Waals surface area (Å²) in [4.78, 5) is 24.2. The summed E-state index contributed by atoms with van der Waals surface area (Å²) in [7, 11) is 0. The van der Waals surface area contributed by atoms with Crippen molar-refractivity contribution in [1.82, 2.24) is 10.6 Å². The summed E-state index contributed by atoms with van der Waals surface area (Å²) >= 11 is 0. The van der Waals surface area contributed by atoms with Gasteiger partial charge in [-0.3, -0.25) is 9.59 Å². The topological polar surface area (TPSA) is 92.6 Å². The van der Waals surface area contributed by atoms with Gasteiger partial charge in [-0.1, -0.05) is 6.07 Å². The molecule has 7 nitrogen and oxygen atoms in total. The molecule has 138 valence electrons. The fourth-order valence-corrected chi connectivity index (χ4v) is 2.78. The molecule has 7 heteroatoms. The molecule has 0 spiro atoms. The molecular weight excluding hydrogens is 334 g/mol. The molecule has 0 saturated carbocycles. The van der Waals surface area contributed by atoms with Crippen LogP contribution in [0.25, 0.3) is 0 Å². The van der Waals surface area contributed by atoms with Crippen LogP contribution in [0, 0.1) is 0 Å². The van der Waals surface area contributed by atoms with Crippen molar-refractivity contribution in [2.75, 3.05) is 25.0 Å². The van der Waals surface area contributed by atoms with E-state index in [1.807, 2.05) is 0 Å². The zero-order valence-corrected chi connectivity index (χ0v) is 14.5. The smallest absolute Gasteiger partial charge is 0.251 e. The number of amides is 2. The maximum Gasteiger partial charge on any atom is 0.251 e. The molecule has 0 bridgehead atoms. The third kappa shape index (κ3) is 5.44. The van der Waals surface area contributed by atoms with Gasteiger partial charge in [0.25, 0.3) is 5.91 Å². The van der Waals surface area contributed by atoms with E-state index in [1.165, 1.54) is 0 Å². The first-order valence-electron chi connectivity index (χ1n) is 8.73. The number of hydrogen-bond donors (Lipinski definition) is 3. The molecule has 26 heavy (non-hydrogen) atoms. The van der Waals surface area contributed by atoms with E-state index in [9.17, 15) is 9.59 Å². The highest BCUT2D eigenvalue weighted by Crippen LogP contribution is 2.12. The first kappa shape index (κ1) is 18.2. The lowest BCUT2D eigenvalue weighted by Gasteiger charge is -2.11. The van der Waals surface area contributed by atoms with Crippen LogP contribution in [0.3, 0.4) is 0 Å². The fourth-order valence-electron chi connectivity index (χ4n) is 2.78. The highest BCUT2D eigenvalue weighted by Gasteiger charge is 2.15. The average molecular weight is 357 g/mol. The van der Waals surface area contributed by atoms with Crippen molar-refractivity contribution < 1.29 is 18.7 Å². The van der Waals surface area contributed by atoms with Gasteiger partial charge in [0.1, 0.15) is 5.76 Å². The van der Waals surface area contributed by atoms with Crippen molar-refractivity contribution in [3.63, 3.8) is 0 Å². The van der Waals surface area contributed by atoms with Crippen LogP contribution in [0.15, 0.2) is 47.1 Å². The molecule has 1 aromatic carbocycles. The summed E-state index contributed by atoms with van der Waals surface area (Å²) in [6.07, 6.45) is 3.87. The van der Waals surface area contributed by atoms with Gasteiger partial charge >= 0.3 is 0 Å². The summed E-state index contributed by atoms with van der Waals surface area (Å²) in [6.45, 7) is 1.99. The number of nitrogens with one attached hydrogen (secondary N) is 3. The highest BCUT2D eigenvalue weighted by molar-refractivity contribution is 5.97. The molecule has 2 heterocycles. The Hall–Kier alpha value is -2.64. The van der Waals surface area contributed by atoms with Crippen LogP contribution in [0.1, 0.15) is 29.0 Å². The molecule has 1 aliphatic heterocycles. The van der Waals surface area contributed by atoms with Crippen LogP contribution >= 0.6 is 0 Å². The van der Waals surface area contributed by atoms with Gasteiger partial charge < -0.3 is 25.1 Å². The molecule has 2 amide bonds. The first-order chi connectivity index (χ1) is 12.7. The van der Waals surface area contributed by atoms with Crippen molar-refractivity contribution >= 4 is 17.5 Å². The molecule has 1 fully saturated rings. The van der Waals surface area contributed by atoms with Gasteiger partial charge in [0.2, 0.25) is 5.91 Å². The quantitative estimate of drug-likeness (QED) is 0.671. The molecule has 1 aliphatic rings. The van der Waals surface area contributed by atoms with E-state index < -0.39 is 0 Å². The van der Waals surface area contributed by atoms with Gasteiger partial charge in [-0.15, -0.1) is 0 Å².